The van der Waals surface area contributed by atoms with Crippen LogP contribution in [0.2, 0.25) is 0 Å². The van der Waals surface area contributed by atoms with Crippen LogP contribution in [0.3, 0.4) is 0 Å². The van der Waals surface area contributed by atoms with Crippen molar-refractivity contribution in [3.8, 4) is 22.3 Å². The van der Waals surface area contributed by atoms with Gasteiger partial charge >= 0.3 is 12.1 Å². The number of benzene rings is 4. The molecular weight excluding hydrogens is 617 g/mol. The van der Waals surface area contributed by atoms with E-state index in [9.17, 15) is 32.7 Å². The SMILES string of the molecule is CC(C)(C)C(=O)N1CCCC1CN(C(=O)c1ccc(-c2ccc(C(F)(F)F)cc2)cc1)C(Cc1ccc(-c2ccccc2)cc1)C(=O)O. The average molecular weight is 657 g/mol. The number of carbonyl (C=O) groups is 3. The molecule has 1 N–H and O–H groups in total. The van der Waals surface area contributed by atoms with Crippen molar-refractivity contribution in [2.75, 3.05) is 13.1 Å². The molecule has 0 spiro atoms. The quantitative estimate of drug-likeness (QED) is 0.197. The second kappa shape index (κ2) is 14.1. The van der Waals surface area contributed by atoms with Crippen molar-refractivity contribution in [1.82, 2.24) is 9.80 Å². The number of likely N-dealkylation sites (tertiary alicyclic amines) is 1. The smallest absolute Gasteiger partial charge is 0.416 e. The van der Waals surface area contributed by atoms with E-state index < -0.39 is 35.1 Å². The molecule has 1 aliphatic heterocycles. The fraction of sp³-hybridized carbons (Fsp3) is 0.308. The van der Waals surface area contributed by atoms with Gasteiger partial charge in [-0.1, -0.05) is 99.6 Å². The molecule has 9 heteroatoms. The van der Waals surface area contributed by atoms with E-state index in [1.165, 1.54) is 17.0 Å². The summed E-state index contributed by atoms with van der Waals surface area (Å²) in [5, 5.41) is 10.5. The molecule has 4 aromatic rings. The van der Waals surface area contributed by atoms with E-state index >= 15 is 0 Å². The number of carboxylic acid groups (broad SMARTS) is 1. The van der Waals surface area contributed by atoms with Gasteiger partial charge in [-0.05, 0) is 64.9 Å². The fourth-order valence-electron chi connectivity index (χ4n) is 6.14. The summed E-state index contributed by atoms with van der Waals surface area (Å²) in [7, 11) is 0. The number of rotatable bonds is 9. The van der Waals surface area contributed by atoms with Gasteiger partial charge in [0.25, 0.3) is 5.91 Å². The third-order valence-electron chi connectivity index (χ3n) is 8.78. The highest BCUT2D eigenvalue weighted by Crippen LogP contribution is 2.32. The van der Waals surface area contributed by atoms with E-state index in [1.54, 1.807) is 29.2 Å². The molecule has 0 aliphatic carbocycles. The normalized spacial score (nSPS) is 15.6. The lowest BCUT2D eigenvalue weighted by Crippen LogP contribution is -2.53. The number of amides is 2. The maximum Gasteiger partial charge on any atom is 0.416 e. The van der Waals surface area contributed by atoms with Gasteiger partial charge in [0.05, 0.1) is 5.56 Å². The molecule has 0 saturated carbocycles. The van der Waals surface area contributed by atoms with Gasteiger partial charge < -0.3 is 14.9 Å². The summed E-state index contributed by atoms with van der Waals surface area (Å²) in [6, 6.07) is 27.0. The molecule has 48 heavy (non-hydrogen) atoms. The minimum Gasteiger partial charge on any atom is -0.480 e. The van der Waals surface area contributed by atoms with Crippen molar-refractivity contribution < 1.29 is 32.7 Å². The third-order valence-corrected chi connectivity index (χ3v) is 8.78. The monoisotopic (exact) mass is 656 g/mol. The van der Waals surface area contributed by atoms with Crippen LogP contribution in [-0.4, -0.2) is 57.9 Å². The first kappa shape index (κ1) is 34.4. The highest BCUT2D eigenvalue weighted by Gasteiger charge is 2.39. The fourth-order valence-corrected chi connectivity index (χ4v) is 6.14. The third kappa shape index (κ3) is 7.95. The number of carbonyl (C=O) groups excluding carboxylic acids is 2. The minimum absolute atomic E-state index is 0.0420. The predicted octanol–water partition coefficient (Wildman–Crippen LogP) is 8.21. The van der Waals surface area contributed by atoms with Crippen molar-refractivity contribution in [2.24, 2.45) is 5.41 Å². The number of hydrogen-bond donors (Lipinski definition) is 1. The topological polar surface area (TPSA) is 77.9 Å². The molecule has 0 radical (unpaired) electrons. The Morgan fingerprint density at radius 1 is 0.792 bits per heavy atom. The lowest BCUT2D eigenvalue weighted by Gasteiger charge is -2.36. The average Bonchev–Trinajstić information content (AvgIpc) is 3.53. The van der Waals surface area contributed by atoms with E-state index in [0.29, 0.717) is 24.1 Å². The number of hydrogen-bond acceptors (Lipinski definition) is 3. The number of aliphatic carboxylic acids is 1. The maximum absolute atomic E-state index is 14.2. The molecule has 6 nitrogen and oxygen atoms in total. The molecule has 2 amide bonds. The molecule has 0 aromatic heterocycles. The molecule has 2 unspecified atom stereocenters. The summed E-state index contributed by atoms with van der Waals surface area (Å²) in [5.41, 5.74) is 2.75. The Morgan fingerprint density at radius 2 is 1.31 bits per heavy atom. The molecule has 0 bridgehead atoms. The van der Waals surface area contributed by atoms with Gasteiger partial charge in [0.1, 0.15) is 6.04 Å². The van der Waals surface area contributed by atoms with Gasteiger partial charge in [-0.15, -0.1) is 0 Å². The highest BCUT2D eigenvalue weighted by molar-refractivity contribution is 5.97. The van der Waals surface area contributed by atoms with Gasteiger partial charge in [-0.25, -0.2) is 4.79 Å². The van der Waals surface area contributed by atoms with Crippen molar-refractivity contribution in [3.05, 3.63) is 120 Å². The Bertz CT molecular complexity index is 1730. The lowest BCUT2D eigenvalue weighted by atomic mass is 9.94. The summed E-state index contributed by atoms with van der Waals surface area (Å²) >= 11 is 0. The molecule has 5 rings (SSSR count). The van der Waals surface area contributed by atoms with Gasteiger partial charge in [-0.2, -0.15) is 13.2 Å². The molecule has 1 heterocycles. The molecule has 1 fully saturated rings. The zero-order valence-corrected chi connectivity index (χ0v) is 27.2. The van der Waals surface area contributed by atoms with Crippen molar-refractivity contribution in [1.29, 1.82) is 0 Å². The zero-order chi connectivity index (χ0) is 34.6. The Hall–Kier alpha value is -4.92. The van der Waals surface area contributed by atoms with Crippen LogP contribution in [0.1, 0.15) is 55.1 Å². The van der Waals surface area contributed by atoms with E-state index in [-0.39, 0.29) is 30.5 Å². The summed E-state index contributed by atoms with van der Waals surface area (Å²) in [5.74, 6) is -1.72. The van der Waals surface area contributed by atoms with Gasteiger partial charge in [-0.3, -0.25) is 9.59 Å². The highest BCUT2D eigenvalue weighted by atomic mass is 19.4. The Kier molecular flexibility index (Phi) is 10.1. The molecule has 250 valence electrons. The van der Waals surface area contributed by atoms with Crippen LogP contribution in [0.4, 0.5) is 13.2 Å². The Balaban J connectivity index is 1.44. The van der Waals surface area contributed by atoms with Crippen LogP contribution in [0, 0.1) is 5.41 Å². The van der Waals surface area contributed by atoms with Crippen LogP contribution < -0.4 is 0 Å². The van der Waals surface area contributed by atoms with Crippen LogP contribution >= 0.6 is 0 Å². The van der Waals surface area contributed by atoms with E-state index in [1.807, 2.05) is 75.4 Å². The number of nitrogens with zero attached hydrogens (tertiary/aromatic N) is 2. The van der Waals surface area contributed by atoms with Crippen molar-refractivity contribution in [2.45, 2.75) is 58.3 Å². The zero-order valence-electron chi connectivity index (χ0n) is 27.2. The van der Waals surface area contributed by atoms with E-state index in [4.69, 9.17) is 0 Å². The largest absolute Gasteiger partial charge is 0.480 e. The van der Waals surface area contributed by atoms with Crippen LogP contribution in [0.15, 0.2) is 103 Å². The van der Waals surface area contributed by atoms with Crippen molar-refractivity contribution >= 4 is 17.8 Å². The molecular formula is C39H39F3N2O4. The Morgan fingerprint density at radius 3 is 1.83 bits per heavy atom. The molecule has 1 saturated heterocycles. The molecule has 1 aliphatic rings. The van der Waals surface area contributed by atoms with Gasteiger partial charge in [0.2, 0.25) is 5.91 Å². The molecule has 2 atom stereocenters. The number of halogens is 3. The first-order valence-electron chi connectivity index (χ1n) is 16.0. The minimum atomic E-state index is -4.45. The summed E-state index contributed by atoms with van der Waals surface area (Å²) in [6.07, 6.45) is -3.01. The summed E-state index contributed by atoms with van der Waals surface area (Å²) in [4.78, 5) is 43.6. The number of carboxylic acids is 1. The summed E-state index contributed by atoms with van der Waals surface area (Å²) < 4.78 is 39.2. The van der Waals surface area contributed by atoms with Crippen LogP contribution in [0.5, 0.6) is 0 Å². The van der Waals surface area contributed by atoms with Crippen LogP contribution in [-0.2, 0) is 22.2 Å². The lowest BCUT2D eigenvalue weighted by molar-refractivity contribution is -0.143. The number of alkyl halides is 3. The predicted molar refractivity (Wildman–Crippen MR) is 179 cm³/mol. The van der Waals surface area contributed by atoms with Gasteiger partial charge in [0.15, 0.2) is 0 Å². The second-order valence-electron chi connectivity index (χ2n) is 13.3. The molecule has 4 aromatic carbocycles. The second-order valence-corrected chi connectivity index (χ2v) is 13.3. The first-order valence-corrected chi connectivity index (χ1v) is 16.0. The van der Waals surface area contributed by atoms with E-state index in [0.717, 1.165) is 35.2 Å². The van der Waals surface area contributed by atoms with Gasteiger partial charge in [0, 0.05) is 36.5 Å². The first-order chi connectivity index (χ1) is 22.7. The van der Waals surface area contributed by atoms with Crippen LogP contribution in [0.25, 0.3) is 22.3 Å². The summed E-state index contributed by atoms with van der Waals surface area (Å²) in [6.45, 7) is 6.09. The Labute approximate surface area is 278 Å². The van der Waals surface area contributed by atoms with E-state index in [2.05, 4.69) is 0 Å². The standard InChI is InChI=1S/C39H39F3N2O4/c1-38(2,3)37(48)43-23-7-10-33(43)25-44(34(36(46)47)24-26-11-13-28(14-12-26)27-8-5-4-6-9-27)35(45)31-17-15-29(16-18-31)30-19-21-32(22-20-30)39(40,41)42/h4-6,8-9,11-22,33-34H,7,10,23-25H2,1-3H3,(H,46,47). The van der Waals surface area contributed by atoms with Crippen molar-refractivity contribution in [3.63, 3.8) is 0 Å². The maximum atomic E-state index is 14.2.